The number of methoxy groups -OCH3 is 1. The van der Waals surface area contributed by atoms with E-state index in [1.165, 1.54) is 13.2 Å². The molecule has 2 fully saturated rings. The van der Waals surface area contributed by atoms with Crippen LogP contribution in [-0.2, 0) is 4.74 Å². The number of aromatic nitrogens is 3. The van der Waals surface area contributed by atoms with Crippen LogP contribution in [0.1, 0.15) is 6.92 Å². The van der Waals surface area contributed by atoms with Gasteiger partial charge >= 0.3 is 0 Å². The van der Waals surface area contributed by atoms with Gasteiger partial charge < -0.3 is 24.2 Å². The second-order valence-electron chi connectivity index (χ2n) is 8.66. The van der Waals surface area contributed by atoms with Crippen molar-refractivity contribution in [2.45, 2.75) is 13.0 Å². The number of halogens is 2. The van der Waals surface area contributed by atoms with Crippen LogP contribution in [0.4, 0.5) is 22.0 Å². The van der Waals surface area contributed by atoms with Gasteiger partial charge in [0.1, 0.15) is 11.6 Å². The van der Waals surface area contributed by atoms with Crippen LogP contribution in [0.25, 0.3) is 11.3 Å². The maximum atomic E-state index is 14.5. The van der Waals surface area contributed by atoms with E-state index in [1.54, 1.807) is 12.3 Å². The lowest BCUT2D eigenvalue weighted by molar-refractivity contribution is 0.122. The van der Waals surface area contributed by atoms with E-state index in [-0.39, 0.29) is 11.8 Å². The van der Waals surface area contributed by atoms with E-state index in [1.807, 2.05) is 24.3 Å². The van der Waals surface area contributed by atoms with Gasteiger partial charge in [0.15, 0.2) is 11.6 Å². The molecule has 0 spiro atoms. The van der Waals surface area contributed by atoms with Gasteiger partial charge in [-0.3, -0.25) is 0 Å². The average Bonchev–Trinajstić information content (AvgIpc) is 2.89. The molecule has 10 heteroatoms. The molecule has 2 aliphatic heterocycles. The van der Waals surface area contributed by atoms with Crippen LogP contribution in [0.2, 0.25) is 5.02 Å². The first-order chi connectivity index (χ1) is 17.0. The predicted molar refractivity (Wildman–Crippen MR) is 135 cm³/mol. The molecule has 2 aliphatic rings. The van der Waals surface area contributed by atoms with E-state index in [2.05, 4.69) is 26.6 Å². The van der Waals surface area contributed by atoms with Gasteiger partial charge in [0, 0.05) is 56.6 Å². The van der Waals surface area contributed by atoms with Gasteiger partial charge in [0.2, 0.25) is 5.95 Å². The summed E-state index contributed by atoms with van der Waals surface area (Å²) >= 11 is 6.39. The zero-order valence-corrected chi connectivity index (χ0v) is 20.6. The number of hydrogen-bond acceptors (Lipinski definition) is 8. The Hall–Kier alpha value is -3.17. The van der Waals surface area contributed by atoms with Gasteiger partial charge in [-0.1, -0.05) is 11.6 Å². The third kappa shape index (κ3) is 4.97. The number of nitrogens with zero attached hydrogens (tertiary/aromatic N) is 6. The average molecular weight is 499 g/mol. The van der Waals surface area contributed by atoms with Crippen molar-refractivity contribution < 1.29 is 13.9 Å². The molecule has 184 valence electrons. The highest BCUT2D eigenvalue weighted by atomic mass is 35.5. The highest BCUT2D eigenvalue weighted by molar-refractivity contribution is 6.32. The summed E-state index contributed by atoms with van der Waals surface area (Å²) in [5, 5.41) is 0.647. The molecule has 8 nitrogen and oxygen atoms in total. The molecule has 0 aliphatic carbocycles. The summed E-state index contributed by atoms with van der Waals surface area (Å²) < 4.78 is 25.1. The van der Waals surface area contributed by atoms with Crippen molar-refractivity contribution in [3.63, 3.8) is 0 Å². The number of rotatable bonds is 5. The van der Waals surface area contributed by atoms with Crippen LogP contribution in [-0.4, -0.2) is 74.0 Å². The zero-order chi connectivity index (χ0) is 24.4. The Bertz CT molecular complexity index is 1190. The van der Waals surface area contributed by atoms with Crippen molar-refractivity contribution in [2.75, 3.05) is 67.7 Å². The Kier molecular flexibility index (Phi) is 6.88. The lowest BCUT2D eigenvalue weighted by Crippen LogP contribution is -2.53. The van der Waals surface area contributed by atoms with Gasteiger partial charge in [-0.2, -0.15) is 4.98 Å². The Balaban J connectivity index is 1.47. The molecular formula is C25H28ClFN6O2. The standard InChI is InChI=1S/C25H28ClFN6O2/c1-17-16-32(24-19(26)4-3-7-28-24)8-9-33(17)23-15-21(18-5-6-22(34-2)20(27)14-18)29-25(30-23)31-10-12-35-13-11-31/h3-7,14-15,17H,8-13,16H2,1-2H3/t17-/m1/s1. The molecule has 0 N–H and O–H groups in total. The molecular weight excluding hydrogens is 471 g/mol. The van der Waals surface area contributed by atoms with Gasteiger partial charge in [0.05, 0.1) is 31.0 Å². The second-order valence-corrected chi connectivity index (χ2v) is 9.06. The third-order valence-electron chi connectivity index (χ3n) is 6.40. The minimum atomic E-state index is -0.424. The molecule has 0 unspecified atom stereocenters. The second kappa shape index (κ2) is 10.2. The summed E-state index contributed by atoms with van der Waals surface area (Å²) in [6.07, 6.45) is 1.76. The quantitative estimate of drug-likeness (QED) is 0.525. The highest BCUT2D eigenvalue weighted by Crippen LogP contribution is 2.31. The van der Waals surface area contributed by atoms with E-state index in [0.29, 0.717) is 48.5 Å². The normalized spacial score (nSPS) is 18.6. The molecule has 3 aromatic rings. The van der Waals surface area contributed by atoms with Gasteiger partial charge in [-0.25, -0.2) is 14.4 Å². The summed E-state index contributed by atoms with van der Waals surface area (Å²) in [5.74, 6) is 2.01. The molecule has 2 aromatic heterocycles. The van der Waals surface area contributed by atoms with Crippen molar-refractivity contribution in [3.8, 4) is 17.0 Å². The van der Waals surface area contributed by atoms with Crippen molar-refractivity contribution >= 4 is 29.2 Å². The van der Waals surface area contributed by atoms with E-state index in [4.69, 9.17) is 31.0 Å². The topological polar surface area (TPSA) is 66.9 Å². The Morgan fingerprint density at radius 1 is 1.06 bits per heavy atom. The maximum Gasteiger partial charge on any atom is 0.228 e. The van der Waals surface area contributed by atoms with E-state index in [0.717, 1.165) is 31.3 Å². The van der Waals surface area contributed by atoms with E-state index >= 15 is 0 Å². The summed E-state index contributed by atoms with van der Waals surface area (Å²) in [6, 6.07) is 10.7. The first-order valence-corrected chi connectivity index (χ1v) is 12.1. The lowest BCUT2D eigenvalue weighted by atomic mass is 10.1. The molecule has 4 heterocycles. The molecule has 2 saturated heterocycles. The van der Waals surface area contributed by atoms with Crippen molar-refractivity contribution in [3.05, 3.63) is 53.4 Å². The Morgan fingerprint density at radius 3 is 2.60 bits per heavy atom. The van der Waals surface area contributed by atoms with Crippen LogP contribution in [0, 0.1) is 5.82 Å². The molecule has 35 heavy (non-hydrogen) atoms. The molecule has 0 saturated carbocycles. The molecule has 0 radical (unpaired) electrons. The number of pyridine rings is 1. The molecule has 1 atom stereocenters. The largest absolute Gasteiger partial charge is 0.494 e. The number of benzene rings is 1. The Morgan fingerprint density at radius 2 is 1.89 bits per heavy atom. The SMILES string of the molecule is COc1ccc(-c2cc(N3CCN(c4ncccc4Cl)C[C@H]3C)nc(N3CCOCC3)n2)cc1F. The first kappa shape index (κ1) is 23.6. The fraction of sp³-hybridized carbons (Fsp3) is 0.400. The fourth-order valence-electron chi connectivity index (χ4n) is 4.55. The molecule has 5 rings (SSSR count). The maximum absolute atomic E-state index is 14.5. The van der Waals surface area contributed by atoms with Crippen molar-refractivity contribution in [1.82, 2.24) is 15.0 Å². The summed E-state index contributed by atoms with van der Waals surface area (Å²) in [4.78, 5) is 20.8. The molecule has 0 bridgehead atoms. The molecule has 0 amide bonds. The summed E-state index contributed by atoms with van der Waals surface area (Å²) in [6.45, 7) is 7.07. The fourth-order valence-corrected chi connectivity index (χ4v) is 4.79. The minimum Gasteiger partial charge on any atom is -0.494 e. The van der Waals surface area contributed by atoms with Gasteiger partial charge in [-0.05, 0) is 37.3 Å². The van der Waals surface area contributed by atoms with Crippen LogP contribution in [0.5, 0.6) is 5.75 Å². The van der Waals surface area contributed by atoms with E-state index in [9.17, 15) is 4.39 Å². The van der Waals surface area contributed by atoms with Gasteiger partial charge in [0.25, 0.3) is 0 Å². The smallest absolute Gasteiger partial charge is 0.228 e. The minimum absolute atomic E-state index is 0.148. The van der Waals surface area contributed by atoms with E-state index < -0.39 is 5.82 Å². The number of piperazine rings is 1. The molecule has 1 aromatic carbocycles. The van der Waals surface area contributed by atoms with Crippen molar-refractivity contribution in [1.29, 1.82) is 0 Å². The van der Waals surface area contributed by atoms with Gasteiger partial charge in [-0.15, -0.1) is 0 Å². The van der Waals surface area contributed by atoms with Crippen molar-refractivity contribution in [2.24, 2.45) is 0 Å². The van der Waals surface area contributed by atoms with Crippen LogP contribution < -0.4 is 19.4 Å². The number of anilines is 3. The predicted octanol–water partition coefficient (Wildman–Crippen LogP) is 3.89. The first-order valence-electron chi connectivity index (χ1n) is 11.7. The van der Waals surface area contributed by atoms with Crippen LogP contribution in [0.3, 0.4) is 0 Å². The third-order valence-corrected chi connectivity index (χ3v) is 6.70. The lowest BCUT2D eigenvalue weighted by Gasteiger charge is -2.41. The van der Waals surface area contributed by atoms with Crippen LogP contribution in [0.15, 0.2) is 42.6 Å². The highest BCUT2D eigenvalue weighted by Gasteiger charge is 2.28. The number of morpholine rings is 1. The van der Waals surface area contributed by atoms with Crippen LogP contribution >= 0.6 is 11.6 Å². The summed E-state index contributed by atoms with van der Waals surface area (Å²) in [7, 11) is 1.45. The number of hydrogen-bond donors (Lipinski definition) is 0. The monoisotopic (exact) mass is 498 g/mol. The zero-order valence-electron chi connectivity index (χ0n) is 19.8. The Labute approximate surface area is 209 Å². The summed E-state index contributed by atoms with van der Waals surface area (Å²) in [5.41, 5.74) is 1.34. The number of ether oxygens (including phenoxy) is 2.